The second-order valence-electron chi connectivity index (χ2n) is 5.89. The van der Waals surface area contributed by atoms with Gasteiger partial charge in [0, 0.05) is 25.2 Å². The Morgan fingerprint density at radius 2 is 2.13 bits per heavy atom. The molecule has 1 aromatic carbocycles. The van der Waals surface area contributed by atoms with Crippen LogP contribution in [0.2, 0.25) is 0 Å². The summed E-state index contributed by atoms with van der Waals surface area (Å²) in [6.45, 7) is 4.85. The molecule has 0 bridgehead atoms. The van der Waals surface area contributed by atoms with Gasteiger partial charge in [0.05, 0.1) is 12.2 Å². The number of aryl methyl sites for hydroxylation is 2. The monoisotopic (exact) mass is 312 g/mol. The van der Waals surface area contributed by atoms with E-state index in [0.717, 1.165) is 17.0 Å². The smallest absolute Gasteiger partial charge is 0.250 e. The van der Waals surface area contributed by atoms with Crippen LogP contribution in [0.25, 0.3) is 0 Å². The zero-order chi connectivity index (χ0) is 16.4. The molecule has 120 valence electrons. The molecule has 0 radical (unpaired) electrons. The zero-order valence-electron chi connectivity index (χ0n) is 13.4. The van der Waals surface area contributed by atoms with Gasteiger partial charge in [-0.05, 0) is 37.6 Å². The van der Waals surface area contributed by atoms with Crippen molar-refractivity contribution in [2.24, 2.45) is 0 Å². The minimum atomic E-state index is -0.0908. The number of hydrogen-bond acceptors (Lipinski definition) is 3. The minimum absolute atomic E-state index is 0.00255. The van der Waals surface area contributed by atoms with Crippen molar-refractivity contribution in [1.82, 2.24) is 4.57 Å². The van der Waals surface area contributed by atoms with E-state index in [-0.39, 0.29) is 24.0 Å². The quantitative estimate of drug-likeness (QED) is 0.874. The molecule has 1 amide bonds. The summed E-state index contributed by atoms with van der Waals surface area (Å²) in [4.78, 5) is 26.1. The Hall–Kier alpha value is -2.56. The number of nitrogens with zero attached hydrogens (tertiary/aromatic N) is 2. The summed E-state index contributed by atoms with van der Waals surface area (Å²) in [6, 6.07) is 10.8. The van der Waals surface area contributed by atoms with Crippen LogP contribution < -0.4 is 15.2 Å². The lowest BCUT2D eigenvalue weighted by Gasteiger charge is -2.33. The van der Waals surface area contributed by atoms with Gasteiger partial charge >= 0.3 is 0 Å². The average Bonchev–Trinajstić information content (AvgIpc) is 2.53. The lowest BCUT2D eigenvalue weighted by molar-refractivity contribution is -0.119. The van der Waals surface area contributed by atoms with Crippen molar-refractivity contribution in [1.29, 1.82) is 0 Å². The summed E-state index contributed by atoms with van der Waals surface area (Å²) in [6.07, 6.45) is 1.94. The predicted molar refractivity (Wildman–Crippen MR) is 88.9 cm³/mol. The Balaban J connectivity index is 1.79. The molecular formula is C18H20N2O3. The van der Waals surface area contributed by atoms with Crippen molar-refractivity contribution >= 4 is 11.6 Å². The molecule has 0 spiro atoms. The molecule has 0 saturated heterocycles. The number of carbonyl (C=O) groups is 1. The van der Waals surface area contributed by atoms with Gasteiger partial charge in [-0.1, -0.05) is 12.1 Å². The van der Waals surface area contributed by atoms with Gasteiger partial charge in [0.2, 0.25) is 5.91 Å². The summed E-state index contributed by atoms with van der Waals surface area (Å²) in [5.74, 6) is 0.738. The molecule has 0 N–H and O–H groups in total. The first-order valence-electron chi connectivity index (χ1n) is 7.78. The van der Waals surface area contributed by atoms with Crippen molar-refractivity contribution < 1.29 is 9.53 Å². The van der Waals surface area contributed by atoms with Crippen LogP contribution in [0.3, 0.4) is 0 Å². The van der Waals surface area contributed by atoms with Crippen LogP contribution in [-0.2, 0) is 11.3 Å². The van der Waals surface area contributed by atoms with E-state index in [2.05, 4.69) is 0 Å². The predicted octanol–water partition coefficient (Wildman–Crippen LogP) is 2.36. The number of rotatable bonds is 3. The van der Waals surface area contributed by atoms with Gasteiger partial charge in [-0.2, -0.15) is 0 Å². The standard InChI is InChI=1S/C18H20N2O3/c1-13-6-7-16-15(11-13)20(12-14(2)23-16)18(22)8-10-19-9-4-3-5-17(19)21/h3-7,9,11,14H,8,10,12H2,1-2H3. The van der Waals surface area contributed by atoms with E-state index >= 15 is 0 Å². The van der Waals surface area contributed by atoms with Gasteiger partial charge in [-0.25, -0.2) is 0 Å². The average molecular weight is 312 g/mol. The highest BCUT2D eigenvalue weighted by Crippen LogP contribution is 2.34. The maximum atomic E-state index is 12.7. The fourth-order valence-corrected chi connectivity index (χ4v) is 2.78. The number of carbonyl (C=O) groups excluding carboxylic acids is 1. The fraction of sp³-hybridized carbons (Fsp3) is 0.333. The van der Waals surface area contributed by atoms with E-state index in [4.69, 9.17) is 4.74 Å². The lowest BCUT2D eigenvalue weighted by atomic mass is 10.1. The molecule has 1 unspecified atom stereocenters. The third-order valence-electron chi connectivity index (χ3n) is 3.94. The molecule has 2 heterocycles. The van der Waals surface area contributed by atoms with E-state index < -0.39 is 0 Å². The summed E-state index contributed by atoms with van der Waals surface area (Å²) < 4.78 is 7.35. The molecular weight excluding hydrogens is 292 g/mol. The molecule has 2 aromatic rings. The number of aromatic nitrogens is 1. The van der Waals surface area contributed by atoms with Crippen LogP contribution in [0.1, 0.15) is 18.9 Å². The molecule has 5 heteroatoms. The lowest BCUT2D eigenvalue weighted by Crippen LogP contribution is -2.42. The first-order valence-corrected chi connectivity index (χ1v) is 7.78. The molecule has 23 heavy (non-hydrogen) atoms. The number of ether oxygens (including phenoxy) is 1. The summed E-state index contributed by atoms with van der Waals surface area (Å²) in [7, 11) is 0. The zero-order valence-corrected chi connectivity index (χ0v) is 13.4. The Morgan fingerprint density at radius 1 is 1.30 bits per heavy atom. The molecule has 3 rings (SSSR count). The Bertz CT molecular complexity index is 782. The third kappa shape index (κ3) is 3.28. The van der Waals surface area contributed by atoms with Crippen LogP contribution in [0.5, 0.6) is 5.75 Å². The minimum Gasteiger partial charge on any atom is -0.487 e. The van der Waals surface area contributed by atoms with Crippen molar-refractivity contribution in [3.8, 4) is 5.75 Å². The first-order chi connectivity index (χ1) is 11.0. The van der Waals surface area contributed by atoms with E-state index in [1.54, 1.807) is 27.8 Å². The molecule has 1 atom stereocenters. The van der Waals surface area contributed by atoms with E-state index in [1.165, 1.54) is 6.07 Å². The van der Waals surface area contributed by atoms with Crippen molar-refractivity contribution in [3.63, 3.8) is 0 Å². The van der Waals surface area contributed by atoms with E-state index in [1.807, 2.05) is 32.0 Å². The van der Waals surface area contributed by atoms with E-state index in [9.17, 15) is 9.59 Å². The van der Waals surface area contributed by atoms with Gasteiger partial charge in [0.15, 0.2) is 0 Å². The summed E-state index contributed by atoms with van der Waals surface area (Å²) in [5, 5.41) is 0. The Kier molecular flexibility index (Phi) is 4.19. The summed E-state index contributed by atoms with van der Waals surface area (Å²) >= 11 is 0. The number of hydrogen-bond donors (Lipinski definition) is 0. The number of pyridine rings is 1. The van der Waals surface area contributed by atoms with Gasteiger partial charge < -0.3 is 14.2 Å². The van der Waals surface area contributed by atoms with Crippen LogP contribution in [0.4, 0.5) is 5.69 Å². The van der Waals surface area contributed by atoms with Gasteiger partial charge in [-0.15, -0.1) is 0 Å². The van der Waals surface area contributed by atoms with Crippen molar-refractivity contribution in [2.75, 3.05) is 11.4 Å². The van der Waals surface area contributed by atoms with Gasteiger partial charge in [0.1, 0.15) is 11.9 Å². The van der Waals surface area contributed by atoms with Gasteiger partial charge in [-0.3, -0.25) is 9.59 Å². The van der Waals surface area contributed by atoms with Crippen molar-refractivity contribution in [3.05, 3.63) is 58.5 Å². The third-order valence-corrected chi connectivity index (χ3v) is 3.94. The largest absolute Gasteiger partial charge is 0.487 e. The van der Waals surface area contributed by atoms with Crippen LogP contribution in [0.15, 0.2) is 47.4 Å². The molecule has 0 aliphatic carbocycles. The second-order valence-corrected chi connectivity index (χ2v) is 5.89. The van der Waals surface area contributed by atoms with Crippen LogP contribution >= 0.6 is 0 Å². The number of fused-ring (bicyclic) bond motifs is 1. The SMILES string of the molecule is Cc1ccc2c(c1)N(C(=O)CCn1ccccc1=O)CC(C)O2. The normalized spacial score (nSPS) is 16.6. The topological polar surface area (TPSA) is 51.5 Å². The highest BCUT2D eigenvalue weighted by molar-refractivity contribution is 5.95. The molecule has 0 fully saturated rings. The maximum absolute atomic E-state index is 12.7. The van der Waals surface area contributed by atoms with Gasteiger partial charge in [0.25, 0.3) is 5.56 Å². The molecule has 1 aromatic heterocycles. The second kappa shape index (κ2) is 6.28. The van der Waals surface area contributed by atoms with E-state index in [0.29, 0.717) is 13.1 Å². The Labute approximate surface area is 135 Å². The Morgan fingerprint density at radius 3 is 2.91 bits per heavy atom. The number of benzene rings is 1. The maximum Gasteiger partial charge on any atom is 0.250 e. The number of anilines is 1. The first kappa shape index (κ1) is 15.3. The molecule has 1 aliphatic heterocycles. The molecule has 5 nitrogen and oxygen atoms in total. The number of amides is 1. The molecule has 0 saturated carbocycles. The van der Waals surface area contributed by atoms with Crippen molar-refractivity contribution in [2.45, 2.75) is 32.9 Å². The fourth-order valence-electron chi connectivity index (χ4n) is 2.78. The van der Waals surface area contributed by atoms with Crippen LogP contribution in [-0.4, -0.2) is 23.1 Å². The summed E-state index contributed by atoms with van der Waals surface area (Å²) in [5.41, 5.74) is 1.80. The molecule has 1 aliphatic rings. The highest BCUT2D eigenvalue weighted by atomic mass is 16.5. The van der Waals surface area contributed by atoms with Crippen LogP contribution in [0, 0.1) is 6.92 Å². The highest BCUT2D eigenvalue weighted by Gasteiger charge is 2.27.